The first-order valence-electron chi connectivity index (χ1n) is 8.42. The van der Waals surface area contributed by atoms with Gasteiger partial charge in [-0.15, -0.1) is 0 Å². The van der Waals surface area contributed by atoms with Crippen LogP contribution in [0.3, 0.4) is 0 Å². The Balaban J connectivity index is 1.97. The van der Waals surface area contributed by atoms with Crippen LogP contribution in [0.15, 0.2) is 24.3 Å². The lowest BCUT2D eigenvalue weighted by Gasteiger charge is -2.29. The zero-order valence-corrected chi connectivity index (χ0v) is 14.8. The molecule has 1 heterocycles. The highest BCUT2D eigenvalue weighted by Crippen LogP contribution is 2.35. The lowest BCUT2D eigenvalue weighted by molar-refractivity contribution is -0.126. The van der Waals surface area contributed by atoms with Crippen LogP contribution in [-0.2, 0) is 11.2 Å². The number of carbonyl (C=O) groups is 1. The van der Waals surface area contributed by atoms with E-state index in [1.54, 1.807) is 0 Å². The van der Waals surface area contributed by atoms with Crippen LogP contribution in [0.25, 0.3) is 0 Å². The van der Waals surface area contributed by atoms with Gasteiger partial charge < -0.3 is 5.32 Å². The Bertz CT molecular complexity index is 488. The molecule has 122 valence electrons. The number of hydrogen-bond donors (Lipinski definition) is 1. The highest BCUT2D eigenvalue weighted by Gasteiger charge is 2.25. The molecule has 0 radical (unpaired) electrons. The van der Waals surface area contributed by atoms with Crippen molar-refractivity contribution in [3.05, 3.63) is 35.4 Å². The summed E-state index contributed by atoms with van der Waals surface area (Å²) in [5, 5.41) is 3.58. The van der Waals surface area contributed by atoms with E-state index in [-0.39, 0.29) is 11.9 Å². The summed E-state index contributed by atoms with van der Waals surface area (Å²) in [5.41, 5.74) is 2.84. The first kappa shape index (κ1) is 17.4. The summed E-state index contributed by atoms with van der Waals surface area (Å²) in [6.45, 7) is 8.90. The van der Waals surface area contributed by atoms with Gasteiger partial charge in [0, 0.05) is 11.8 Å². The summed E-state index contributed by atoms with van der Waals surface area (Å²) < 4.78 is 0. The SMILES string of the molecule is CCC(C(=O)NCC1SCCc2ccccc21)N(CC)CC. The van der Waals surface area contributed by atoms with Gasteiger partial charge in [0.25, 0.3) is 0 Å². The number of thioether (sulfide) groups is 1. The van der Waals surface area contributed by atoms with Crippen molar-refractivity contribution in [3.63, 3.8) is 0 Å². The standard InChI is InChI=1S/C18H28N2OS/c1-4-16(20(5-2)6-3)18(21)19-13-17-15-10-8-7-9-14(15)11-12-22-17/h7-10,16-17H,4-6,11-13H2,1-3H3,(H,19,21). The summed E-state index contributed by atoms with van der Waals surface area (Å²) in [5.74, 6) is 1.32. The second kappa shape index (κ2) is 8.59. The number of carbonyl (C=O) groups excluding carboxylic acids is 1. The van der Waals surface area contributed by atoms with Crippen LogP contribution in [0.2, 0.25) is 0 Å². The first-order valence-corrected chi connectivity index (χ1v) is 9.47. The largest absolute Gasteiger partial charge is 0.353 e. The normalized spacial score (nSPS) is 18.8. The summed E-state index contributed by atoms with van der Waals surface area (Å²) in [4.78, 5) is 14.8. The zero-order chi connectivity index (χ0) is 15.9. The summed E-state index contributed by atoms with van der Waals surface area (Å²) in [6.07, 6.45) is 2.00. The zero-order valence-electron chi connectivity index (χ0n) is 14.0. The summed E-state index contributed by atoms with van der Waals surface area (Å²) in [6, 6.07) is 8.63. The number of fused-ring (bicyclic) bond motifs is 1. The van der Waals surface area contributed by atoms with Gasteiger partial charge >= 0.3 is 0 Å². The lowest BCUT2D eigenvalue weighted by Crippen LogP contribution is -2.47. The number of nitrogens with one attached hydrogen (secondary N) is 1. The molecule has 0 fully saturated rings. The van der Waals surface area contributed by atoms with E-state index in [9.17, 15) is 4.79 Å². The Morgan fingerprint density at radius 2 is 2.05 bits per heavy atom. The average molecular weight is 321 g/mol. The van der Waals surface area contributed by atoms with E-state index in [1.165, 1.54) is 11.1 Å². The third kappa shape index (κ3) is 4.05. The van der Waals surface area contributed by atoms with Gasteiger partial charge in [0.05, 0.1) is 6.04 Å². The number of amides is 1. The van der Waals surface area contributed by atoms with Gasteiger partial charge in [-0.1, -0.05) is 45.0 Å². The van der Waals surface area contributed by atoms with Crippen LogP contribution in [0, 0.1) is 0 Å². The van der Waals surface area contributed by atoms with Crippen LogP contribution in [0.5, 0.6) is 0 Å². The van der Waals surface area contributed by atoms with Crippen molar-refractivity contribution in [3.8, 4) is 0 Å². The van der Waals surface area contributed by atoms with Gasteiger partial charge in [-0.25, -0.2) is 0 Å². The number of likely N-dealkylation sites (N-methyl/N-ethyl adjacent to an activating group) is 1. The van der Waals surface area contributed by atoms with E-state index >= 15 is 0 Å². The van der Waals surface area contributed by atoms with Crippen molar-refractivity contribution in [1.29, 1.82) is 0 Å². The van der Waals surface area contributed by atoms with E-state index in [2.05, 4.69) is 55.3 Å². The number of benzene rings is 1. The molecule has 2 unspecified atom stereocenters. The molecule has 2 atom stereocenters. The van der Waals surface area contributed by atoms with Crippen molar-refractivity contribution >= 4 is 17.7 Å². The van der Waals surface area contributed by atoms with E-state index in [0.29, 0.717) is 5.25 Å². The molecule has 1 aromatic rings. The van der Waals surface area contributed by atoms with Crippen LogP contribution in [0.1, 0.15) is 43.6 Å². The molecular formula is C18H28N2OS. The van der Waals surface area contributed by atoms with Crippen LogP contribution >= 0.6 is 11.8 Å². The highest BCUT2D eigenvalue weighted by molar-refractivity contribution is 7.99. The molecule has 0 spiro atoms. The molecule has 0 saturated carbocycles. The maximum atomic E-state index is 12.5. The smallest absolute Gasteiger partial charge is 0.237 e. The van der Waals surface area contributed by atoms with Crippen molar-refractivity contribution in [2.24, 2.45) is 0 Å². The minimum atomic E-state index is -0.00108. The van der Waals surface area contributed by atoms with Gasteiger partial charge in [-0.05, 0) is 42.8 Å². The fourth-order valence-corrected chi connectivity index (χ4v) is 4.46. The average Bonchev–Trinajstić information content (AvgIpc) is 2.57. The minimum absolute atomic E-state index is 0.00108. The monoisotopic (exact) mass is 320 g/mol. The minimum Gasteiger partial charge on any atom is -0.353 e. The highest BCUT2D eigenvalue weighted by atomic mass is 32.2. The molecule has 0 aromatic heterocycles. The molecule has 4 heteroatoms. The Hall–Kier alpha value is -1.00. The number of rotatable bonds is 7. The Labute approximate surface area is 138 Å². The topological polar surface area (TPSA) is 32.3 Å². The molecule has 22 heavy (non-hydrogen) atoms. The van der Waals surface area contributed by atoms with Gasteiger partial charge in [-0.2, -0.15) is 11.8 Å². The van der Waals surface area contributed by atoms with Crippen molar-refractivity contribution < 1.29 is 4.79 Å². The maximum absolute atomic E-state index is 12.5. The molecule has 1 N–H and O–H groups in total. The van der Waals surface area contributed by atoms with E-state index in [4.69, 9.17) is 0 Å². The van der Waals surface area contributed by atoms with Crippen LogP contribution in [0.4, 0.5) is 0 Å². The van der Waals surface area contributed by atoms with Gasteiger partial charge in [0.1, 0.15) is 0 Å². The van der Waals surface area contributed by atoms with Crippen LogP contribution in [-0.4, -0.2) is 42.2 Å². The van der Waals surface area contributed by atoms with Gasteiger partial charge in [-0.3, -0.25) is 9.69 Å². The second-order valence-electron chi connectivity index (χ2n) is 5.70. The molecule has 1 aliphatic heterocycles. The Morgan fingerprint density at radius 1 is 1.32 bits per heavy atom. The van der Waals surface area contributed by atoms with Crippen molar-refractivity contribution in [2.75, 3.05) is 25.4 Å². The third-order valence-corrected chi connectivity index (χ3v) is 5.76. The Morgan fingerprint density at radius 3 is 2.73 bits per heavy atom. The molecular weight excluding hydrogens is 292 g/mol. The number of hydrogen-bond acceptors (Lipinski definition) is 3. The molecule has 0 aliphatic carbocycles. The fourth-order valence-electron chi connectivity index (χ4n) is 3.23. The predicted molar refractivity (Wildman–Crippen MR) is 95.4 cm³/mol. The quantitative estimate of drug-likeness (QED) is 0.837. The molecule has 3 nitrogen and oxygen atoms in total. The molecule has 1 aliphatic rings. The van der Waals surface area contributed by atoms with Crippen molar-refractivity contribution in [1.82, 2.24) is 10.2 Å². The third-order valence-electron chi connectivity index (χ3n) is 4.50. The van der Waals surface area contributed by atoms with Crippen molar-refractivity contribution in [2.45, 2.75) is 44.9 Å². The Kier molecular flexibility index (Phi) is 6.77. The first-order chi connectivity index (χ1) is 10.7. The summed E-state index contributed by atoms with van der Waals surface area (Å²) in [7, 11) is 0. The molecule has 0 saturated heterocycles. The second-order valence-corrected chi connectivity index (χ2v) is 7.01. The van der Waals surface area contributed by atoms with Crippen LogP contribution < -0.4 is 5.32 Å². The lowest BCUT2D eigenvalue weighted by atomic mass is 10.0. The van der Waals surface area contributed by atoms with Gasteiger partial charge in [0.15, 0.2) is 0 Å². The van der Waals surface area contributed by atoms with E-state index in [0.717, 1.165) is 38.2 Å². The summed E-state index contributed by atoms with van der Waals surface area (Å²) >= 11 is 1.96. The fraction of sp³-hybridized carbons (Fsp3) is 0.611. The molecule has 0 bridgehead atoms. The predicted octanol–water partition coefficient (Wildman–Crippen LogP) is 3.25. The number of nitrogens with zero attached hydrogens (tertiary/aromatic N) is 1. The van der Waals surface area contributed by atoms with Gasteiger partial charge in [0.2, 0.25) is 5.91 Å². The molecule has 1 amide bonds. The maximum Gasteiger partial charge on any atom is 0.237 e. The molecule has 2 rings (SSSR count). The van der Waals surface area contributed by atoms with E-state index in [1.807, 2.05) is 11.8 Å². The molecule has 1 aromatic carbocycles. The number of aryl methyl sites for hydroxylation is 1. The van der Waals surface area contributed by atoms with E-state index < -0.39 is 0 Å².